The van der Waals surface area contributed by atoms with Gasteiger partial charge in [-0.1, -0.05) is 83.9 Å². The molecule has 0 saturated heterocycles. The van der Waals surface area contributed by atoms with Gasteiger partial charge in [0.25, 0.3) is 0 Å². The van der Waals surface area contributed by atoms with Gasteiger partial charge < -0.3 is 10.6 Å². The molecule has 0 unspecified atom stereocenters. The van der Waals surface area contributed by atoms with Gasteiger partial charge in [-0.25, -0.2) is 9.37 Å². The van der Waals surface area contributed by atoms with Crippen LogP contribution in [0.1, 0.15) is 11.1 Å². The molecule has 1 aromatic heterocycles. The molecule has 0 radical (unpaired) electrons. The summed E-state index contributed by atoms with van der Waals surface area (Å²) in [6.07, 6.45) is 1.17. The van der Waals surface area contributed by atoms with E-state index in [2.05, 4.69) is 83.0 Å². The van der Waals surface area contributed by atoms with Crippen molar-refractivity contribution in [2.45, 2.75) is 13.8 Å². The summed E-state index contributed by atoms with van der Waals surface area (Å²) < 4.78 is 14.4. The molecular formula is C30H25FN4. The summed E-state index contributed by atoms with van der Waals surface area (Å²) in [6, 6.07) is 32.6. The first-order valence-corrected chi connectivity index (χ1v) is 11.4. The van der Waals surface area contributed by atoms with Gasteiger partial charge in [0.2, 0.25) is 5.95 Å². The van der Waals surface area contributed by atoms with Gasteiger partial charge in [-0.3, -0.25) is 0 Å². The van der Waals surface area contributed by atoms with E-state index in [1.807, 2.05) is 48.5 Å². The molecule has 172 valence electrons. The molecule has 5 aromatic rings. The lowest BCUT2D eigenvalue weighted by molar-refractivity contribution is 0.619. The second kappa shape index (κ2) is 9.77. The highest BCUT2D eigenvalue weighted by Crippen LogP contribution is 2.26. The summed E-state index contributed by atoms with van der Waals surface area (Å²) in [4.78, 5) is 8.42. The second-order valence-corrected chi connectivity index (χ2v) is 8.53. The summed E-state index contributed by atoms with van der Waals surface area (Å²) in [7, 11) is 0. The summed E-state index contributed by atoms with van der Waals surface area (Å²) in [5.74, 6) is -0.0944. The number of aryl methyl sites for hydroxylation is 2. The maximum absolute atomic E-state index is 14.4. The Balaban J connectivity index is 1.29. The summed E-state index contributed by atoms with van der Waals surface area (Å²) in [5.41, 5.74) is 8.51. The van der Waals surface area contributed by atoms with E-state index in [0.717, 1.165) is 33.6 Å². The van der Waals surface area contributed by atoms with E-state index in [9.17, 15) is 4.39 Å². The van der Waals surface area contributed by atoms with Crippen molar-refractivity contribution in [3.8, 4) is 22.3 Å². The molecule has 1 heterocycles. The number of hydrogen-bond acceptors (Lipinski definition) is 4. The van der Waals surface area contributed by atoms with Gasteiger partial charge in [0.05, 0.1) is 6.20 Å². The quantitative estimate of drug-likeness (QED) is 0.269. The Morgan fingerprint density at radius 3 is 1.40 bits per heavy atom. The van der Waals surface area contributed by atoms with Gasteiger partial charge in [0, 0.05) is 11.4 Å². The highest BCUT2D eigenvalue weighted by atomic mass is 19.1. The third kappa shape index (κ3) is 5.36. The van der Waals surface area contributed by atoms with Gasteiger partial charge in [0.1, 0.15) is 0 Å². The molecule has 5 rings (SSSR count). The van der Waals surface area contributed by atoms with Crippen molar-refractivity contribution < 1.29 is 4.39 Å². The normalized spacial score (nSPS) is 10.7. The number of hydrogen-bond donors (Lipinski definition) is 2. The van der Waals surface area contributed by atoms with Gasteiger partial charge in [0.15, 0.2) is 11.6 Å². The molecule has 2 N–H and O–H groups in total. The largest absolute Gasteiger partial charge is 0.338 e. The molecule has 35 heavy (non-hydrogen) atoms. The molecule has 5 heteroatoms. The minimum absolute atomic E-state index is 0.113. The molecule has 4 aromatic carbocycles. The van der Waals surface area contributed by atoms with E-state index in [1.165, 1.54) is 17.3 Å². The predicted molar refractivity (Wildman–Crippen MR) is 142 cm³/mol. The highest BCUT2D eigenvalue weighted by Gasteiger charge is 2.09. The van der Waals surface area contributed by atoms with Gasteiger partial charge in [-0.05, 0) is 60.4 Å². The molecule has 4 nitrogen and oxygen atoms in total. The Kier molecular flexibility index (Phi) is 6.22. The first-order valence-electron chi connectivity index (χ1n) is 11.4. The molecule has 0 saturated carbocycles. The van der Waals surface area contributed by atoms with E-state index in [0.29, 0.717) is 5.95 Å². The van der Waals surface area contributed by atoms with Crippen molar-refractivity contribution in [2.75, 3.05) is 10.6 Å². The lowest BCUT2D eigenvalue weighted by Gasteiger charge is -2.11. The molecule has 0 atom stereocenters. The monoisotopic (exact) mass is 460 g/mol. The Labute approximate surface area is 204 Å². The maximum Gasteiger partial charge on any atom is 0.229 e. The number of nitrogens with zero attached hydrogens (tertiary/aromatic N) is 2. The molecule has 0 fully saturated rings. The van der Waals surface area contributed by atoms with Gasteiger partial charge >= 0.3 is 0 Å². The predicted octanol–water partition coefficient (Wildman–Crippen LogP) is 8.05. The fourth-order valence-corrected chi connectivity index (χ4v) is 3.76. The van der Waals surface area contributed by atoms with Crippen LogP contribution in [0.15, 0.2) is 103 Å². The molecule has 0 aliphatic rings. The molecule has 0 amide bonds. The van der Waals surface area contributed by atoms with Crippen molar-refractivity contribution >= 4 is 23.1 Å². The van der Waals surface area contributed by atoms with Crippen LogP contribution in [0.5, 0.6) is 0 Å². The third-order valence-electron chi connectivity index (χ3n) is 5.80. The maximum atomic E-state index is 14.4. The molecule has 0 spiro atoms. The van der Waals surface area contributed by atoms with Crippen LogP contribution < -0.4 is 10.6 Å². The lowest BCUT2D eigenvalue weighted by atomic mass is 10.0. The van der Waals surface area contributed by atoms with E-state index in [-0.39, 0.29) is 5.82 Å². The van der Waals surface area contributed by atoms with Crippen LogP contribution in [0, 0.1) is 19.7 Å². The SMILES string of the molecule is Cc1ccc(-c2ccc(Nc3ncc(F)c(Nc4ccc(-c5ccc(C)cc5)cc4)n3)cc2)cc1. The zero-order chi connectivity index (χ0) is 24.2. The third-order valence-corrected chi connectivity index (χ3v) is 5.80. The van der Waals surface area contributed by atoms with Crippen LogP contribution in [0.2, 0.25) is 0 Å². The zero-order valence-electron chi connectivity index (χ0n) is 19.6. The Bertz CT molecular complexity index is 1430. The minimum Gasteiger partial charge on any atom is -0.338 e. The van der Waals surface area contributed by atoms with Crippen LogP contribution in [-0.4, -0.2) is 9.97 Å². The minimum atomic E-state index is -0.520. The molecule has 0 bridgehead atoms. The summed E-state index contributed by atoms with van der Waals surface area (Å²) >= 11 is 0. The Morgan fingerprint density at radius 2 is 0.943 bits per heavy atom. The first kappa shape index (κ1) is 22.3. The number of nitrogens with one attached hydrogen (secondary N) is 2. The fraction of sp³-hybridized carbons (Fsp3) is 0.0667. The smallest absolute Gasteiger partial charge is 0.229 e. The average molecular weight is 461 g/mol. The van der Waals surface area contributed by atoms with Crippen molar-refractivity contribution in [1.82, 2.24) is 9.97 Å². The standard InChI is InChI=1S/C30H25FN4/c1-20-3-7-22(8-4-20)24-11-15-26(16-12-24)33-29-28(31)19-32-30(35-29)34-27-17-13-25(14-18-27)23-9-5-21(2)6-10-23/h3-19H,1-2H3,(H2,32,33,34,35). The van der Waals surface area contributed by atoms with Crippen molar-refractivity contribution in [3.05, 3.63) is 120 Å². The van der Waals surface area contributed by atoms with Gasteiger partial charge in [-0.15, -0.1) is 0 Å². The van der Waals surface area contributed by atoms with Crippen LogP contribution in [0.25, 0.3) is 22.3 Å². The molecule has 0 aliphatic heterocycles. The lowest BCUT2D eigenvalue weighted by Crippen LogP contribution is -2.03. The van der Waals surface area contributed by atoms with Crippen molar-refractivity contribution in [1.29, 1.82) is 0 Å². The van der Waals surface area contributed by atoms with Crippen molar-refractivity contribution in [2.24, 2.45) is 0 Å². The number of benzene rings is 4. The molecule has 0 aliphatic carbocycles. The van der Waals surface area contributed by atoms with Crippen molar-refractivity contribution in [3.63, 3.8) is 0 Å². The topological polar surface area (TPSA) is 49.8 Å². The van der Waals surface area contributed by atoms with Crippen LogP contribution >= 0.6 is 0 Å². The number of aromatic nitrogens is 2. The highest BCUT2D eigenvalue weighted by molar-refractivity contribution is 5.69. The van der Waals surface area contributed by atoms with E-state index in [4.69, 9.17) is 0 Å². The zero-order valence-corrected chi connectivity index (χ0v) is 19.6. The van der Waals surface area contributed by atoms with Crippen LogP contribution in [-0.2, 0) is 0 Å². The number of anilines is 4. The van der Waals surface area contributed by atoms with Crippen LogP contribution in [0.3, 0.4) is 0 Å². The average Bonchev–Trinajstić information content (AvgIpc) is 2.88. The Morgan fingerprint density at radius 1 is 0.543 bits per heavy atom. The Hall–Kier alpha value is -4.51. The fourth-order valence-electron chi connectivity index (χ4n) is 3.76. The second-order valence-electron chi connectivity index (χ2n) is 8.53. The van der Waals surface area contributed by atoms with E-state index < -0.39 is 5.82 Å². The summed E-state index contributed by atoms with van der Waals surface area (Å²) in [5, 5.41) is 6.21. The van der Waals surface area contributed by atoms with Gasteiger partial charge in [-0.2, -0.15) is 4.98 Å². The number of halogens is 1. The van der Waals surface area contributed by atoms with E-state index in [1.54, 1.807) is 0 Å². The van der Waals surface area contributed by atoms with E-state index >= 15 is 0 Å². The summed E-state index contributed by atoms with van der Waals surface area (Å²) in [6.45, 7) is 4.14. The molecular weight excluding hydrogens is 435 g/mol. The number of rotatable bonds is 6. The van der Waals surface area contributed by atoms with Crippen LogP contribution in [0.4, 0.5) is 27.5 Å². The first-order chi connectivity index (χ1) is 17.0.